The number of hydrogen-bond donors (Lipinski definition) is 1. The van der Waals surface area contributed by atoms with E-state index in [9.17, 15) is 14.9 Å². The quantitative estimate of drug-likeness (QED) is 0.397. The number of nitrogens with zero attached hydrogens (tertiary/aromatic N) is 3. The van der Waals surface area contributed by atoms with Gasteiger partial charge in [-0.1, -0.05) is 18.2 Å². The largest absolute Gasteiger partial charge is 0.497 e. The zero-order valence-electron chi connectivity index (χ0n) is 17.3. The Kier molecular flexibility index (Phi) is 7.16. The van der Waals surface area contributed by atoms with E-state index in [4.69, 9.17) is 9.47 Å². The highest BCUT2D eigenvalue weighted by molar-refractivity contribution is 7.14. The van der Waals surface area contributed by atoms with E-state index >= 15 is 0 Å². The van der Waals surface area contributed by atoms with E-state index in [1.54, 1.807) is 37.8 Å². The number of anilines is 1. The third kappa shape index (κ3) is 5.77. The van der Waals surface area contributed by atoms with Gasteiger partial charge >= 0.3 is 0 Å². The number of nitro benzene ring substituents is 1. The average molecular weight is 442 g/mol. The molecule has 31 heavy (non-hydrogen) atoms. The van der Waals surface area contributed by atoms with E-state index < -0.39 is 4.92 Å². The molecule has 0 saturated carbocycles. The Bertz CT molecular complexity index is 1090. The molecule has 0 spiro atoms. The first-order valence-corrected chi connectivity index (χ1v) is 10.2. The Hall–Kier alpha value is -3.50. The van der Waals surface area contributed by atoms with Crippen LogP contribution in [0, 0.1) is 10.1 Å². The van der Waals surface area contributed by atoms with Crippen molar-refractivity contribution in [3.05, 3.63) is 63.5 Å². The second-order valence-electron chi connectivity index (χ2n) is 6.74. The van der Waals surface area contributed by atoms with E-state index in [1.807, 2.05) is 24.1 Å². The van der Waals surface area contributed by atoms with Crippen molar-refractivity contribution in [3.8, 4) is 22.8 Å². The fourth-order valence-corrected chi connectivity index (χ4v) is 3.71. The molecule has 9 nitrogen and oxygen atoms in total. The second-order valence-corrected chi connectivity index (χ2v) is 7.60. The van der Waals surface area contributed by atoms with Crippen LogP contribution in [0.15, 0.2) is 47.8 Å². The topological polar surface area (TPSA) is 107 Å². The molecule has 1 aromatic heterocycles. The lowest BCUT2D eigenvalue weighted by Crippen LogP contribution is -2.29. The molecule has 0 bridgehead atoms. The van der Waals surface area contributed by atoms with Gasteiger partial charge < -0.3 is 14.8 Å². The summed E-state index contributed by atoms with van der Waals surface area (Å²) in [7, 11) is 5.01. The van der Waals surface area contributed by atoms with Gasteiger partial charge in [0.25, 0.3) is 5.69 Å². The molecule has 0 aliphatic rings. The summed E-state index contributed by atoms with van der Waals surface area (Å²) in [6.07, 6.45) is 0. The molecule has 3 aromatic rings. The Labute approximate surface area is 183 Å². The normalized spacial score (nSPS) is 10.7. The van der Waals surface area contributed by atoms with Gasteiger partial charge in [0.2, 0.25) is 5.91 Å². The Morgan fingerprint density at radius 2 is 2.03 bits per heavy atom. The summed E-state index contributed by atoms with van der Waals surface area (Å²) in [6.45, 7) is 0.665. The van der Waals surface area contributed by atoms with Crippen LogP contribution in [-0.4, -0.2) is 48.5 Å². The first-order chi connectivity index (χ1) is 14.9. The van der Waals surface area contributed by atoms with Crippen molar-refractivity contribution < 1.29 is 19.2 Å². The molecule has 2 aromatic carbocycles. The Morgan fingerprint density at radius 3 is 2.74 bits per heavy atom. The summed E-state index contributed by atoms with van der Waals surface area (Å²) in [4.78, 5) is 29.2. The van der Waals surface area contributed by atoms with Crippen LogP contribution in [0.1, 0.15) is 5.56 Å². The highest BCUT2D eigenvalue weighted by atomic mass is 32.1. The monoisotopic (exact) mass is 442 g/mol. The number of amides is 1. The maximum Gasteiger partial charge on any atom is 0.270 e. The molecule has 3 rings (SSSR count). The molecule has 0 atom stereocenters. The minimum Gasteiger partial charge on any atom is -0.497 e. The van der Waals surface area contributed by atoms with Crippen LogP contribution < -0.4 is 14.8 Å². The van der Waals surface area contributed by atoms with Crippen LogP contribution in [0.25, 0.3) is 11.3 Å². The van der Waals surface area contributed by atoms with Gasteiger partial charge in [0.05, 0.1) is 31.4 Å². The molecule has 0 unspecified atom stereocenters. The predicted octanol–water partition coefficient (Wildman–Crippen LogP) is 3.81. The van der Waals surface area contributed by atoms with Gasteiger partial charge in [-0.15, -0.1) is 11.3 Å². The number of methoxy groups -OCH3 is 2. The van der Waals surface area contributed by atoms with Crippen LogP contribution in [0.5, 0.6) is 11.5 Å². The molecule has 0 radical (unpaired) electrons. The van der Waals surface area contributed by atoms with Crippen molar-refractivity contribution in [1.82, 2.24) is 9.88 Å². The molecule has 10 heteroatoms. The van der Waals surface area contributed by atoms with Crippen LogP contribution in [0.3, 0.4) is 0 Å². The number of benzene rings is 2. The van der Waals surface area contributed by atoms with Crippen molar-refractivity contribution in [2.45, 2.75) is 6.54 Å². The van der Waals surface area contributed by atoms with Crippen LogP contribution in [0.4, 0.5) is 10.8 Å². The summed E-state index contributed by atoms with van der Waals surface area (Å²) in [5.41, 5.74) is 2.11. The average Bonchev–Trinajstić information content (AvgIpc) is 3.22. The second kappa shape index (κ2) is 10.0. The molecule has 0 saturated heterocycles. The summed E-state index contributed by atoms with van der Waals surface area (Å²) in [6, 6.07) is 11.8. The van der Waals surface area contributed by atoms with Gasteiger partial charge in [-0.3, -0.25) is 19.8 Å². The fraction of sp³-hybridized carbons (Fsp3) is 0.238. The molecular formula is C21H22N4O5S. The maximum atomic E-state index is 12.4. The lowest BCUT2D eigenvalue weighted by Gasteiger charge is -2.18. The fourth-order valence-electron chi connectivity index (χ4n) is 2.98. The number of carbonyl (C=O) groups excluding carboxylic acids is 1. The number of thiazole rings is 1. The number of likely N-dealkylation sites (N-methyl/N-ethyl adjacent to an activating group) is 1. The number of ether oxygens (including phenoxy) is 2. The van der Waals surface area contributed by atoms with Gasteiger partial charge in [-0.2, -0.15) is 0 Å². The van der Waals surface area contributed by atoms with Crippen molar-refractivity contribution >= 4 is 28.1 Å². The van der Waals surface area contributed by atoms with E-state index in [1.165, 1.54) is 23.5 Å². The maximum absolute atomic E-state index is 12.4. The van der Waals surface area contributed by atoms with Crippen LogP contribution >= 0.6 is 11.3 Å². The van der Waals surface area contributed by atoms with Gasteiger partial charge in [0, 0.05) is 41.3 Å². The SMILES string of the molecule is COc1ccc(CN(C)CC(=O)Nc2nc(-c3cccc([N+](=O)[O-])c3)cs2)c(OC)c1. The minimum atomic E-state index is -0.452. The molecule has 1 heterocycles. The molecule has 0 fully saturated rings. The molecule has 0 aliphatic carbocycles. The number of nitrogens with one attached hydrogen (secondary N) is 1. The van der Waals surface area contributed by atoms with Crippen LogP contribution in [0.2, 0.25) is 0 Å². The molecular weight excluding hydrogens is 420 g/mol. The number of carbonyl (C=O) groups is 1. The van der Waals surface area contributed by atoms with Crippen molar-refractivity contribution in [2.75, 3.05) is 33.1 Å². The molecule has 1 amide bonds. The number of rotatable bonds is 9. The highest BCUT2D eigenvalue weighted by Crippen LogP contribution is 2.28. The van der Waals surface area contributed by atoms with Crippen molar-refractivity contribution in [1.29, 1.82) is 0 Å². The highest BCUT2D eigenvalue weighted by Gasteiger charge is 2.14. The number of hydrogen-bond acceptors (Lipinski definition) is 8. The minimum absolute atomic E-state index is 0.00771. The summed E-state index contributed by atoms with van der Waals surface area (Å²) >= 11 is 1.26. The van der Waals surface area contributed by atoms with Gasteiger partial charge in [0.15, 0.2) is 5.13 Å². The third-order valence-electron chi connectivity index (χ3n) is 4.45. The predicted molar refractivity (Wildman–Crippen MR) is 119 cm³/mol. The number of non-ortho nitro benzene ring substituents is 1. The lowest BCUT2D eigenvalue weighted by atomic mass is 10.1. The summed E-state index contributed by atoms with van der Waals surface area (Å²) < 4.78 is 10.6. The zero-order valence-corrected chi connectivity index (χ0v) is 18.1. The Morgan fingerprint density at radius 1 is 1.23 bits per heavy atom. The van der Waals surface area contributed by atoms with E-state index in [0.29, 0.717) is 34.4 Å². The number of aromatic nitrogens is 1. The molecule has 1 N–H and O–H groups in total. The first kappa shape index (κ1) is 22.2. The van der Waals surface area contributed by atoms with Gasteiger partial charge in [-0.25, -0.2) is 4.98 Å². The van der Waals surface area contributed by atoms with Gasteiger partial charge in [-0.05, 0) is 13.1 Å². The zero-order chi connectivity index (χ0) is 22.4. The van der Waals surface area contributed by atoms with E-state index in [-0.39, 0.29) is 18.1 Å². The standard InChI is InChI=1S/C21H22N4O5S/c1-24(11-15-7-8-17(29-2)10-19(15)30-3)12-20(26)23-21-22-18(13-31-21)14-5-4-6-16(9-14)25(27)28/h4-10,13H,11-12H2,1-3H3,(H,22,23,26). The van der Waals surface area contributed by atoms with Gasteiger partial charge in [0.1, 0.15) is 11.5 Å². The van der Waals surface area contributed by atoms with Crippen molar-refractivity contribution in [2.24, 2.45) is 0 Å². The smallest absolute Gasteiger partial charge is 0.270 e. The summed E-state index contributed by atoms with van der Waals surface area (Å²) in [5, 5.41) is 15.9. The van der Waals surface area contributed by atoms with E-state index in [2.05, 4.69) is 10.3 Å². The van der Waals surface area contributed by atoms with E-state index in [0.717, 1.165) is 5.56 Å². The lowest BCUT2D eigenvalue weighted by molar-refractivity contribution is -0.384. The number of nitro groups is 1. The molecule has 0 aliphatic heterocycles. The first-order valence-electron chi connectivity index (χ1n) is 9.29. The molecule has 162 valence electrons. The summed E-state index contributed by atoms with van der Waals surface area (Å²) in [5.74, 6) is 1.17. The Balaban J connectivity index is 1.60. The van der Waals surface area contributed by atoms with Crippen molar-refractivity contribution in [3.63, 3.8) is 0 Å². The van der Waals surface area contributed by atoms with Crippen LogP contribution in [-0.2, 0) is 11.3 Å². The third-order valence-corrected chi connectivity index (χ3v) is 5.21.